The highest BCUT2D eigenvalue weighted by molar-refractivity contribution is 9.10. The minimum absolute atomic E-state index is 0.0679. The molecule has 0 saturated heterocycles. The highest BCUT2D eigenvalue weighted by atomic mass is 79.9. The predicted molar refractivity (Wildman–Crippen MR) is 94.7 cm³/mol. The van der Waals surface area contributed by atoms with Gasteiger partial charge in [-0.2, -0.15) is 0 Å². The van der Waals surface area contributed by atoms with Gasteiger partial charge < -0.3 is 15.2 Å². The molecule has 1 aliphatic rings. The Bertz CT molecular complexity index is 815. The first kappa shape index (κ1) is 17.0. The molecule has 7 heteroatoms. The maximum absolute atomic E-state index is 14.2. The second kappa shape index (κ2) is 6.20. The number of aromatic nitrogens is 2. The Labute approximate surface area is 148 Å². The van der Waals surface area contributed by atoms with E-state index in [0.717, 1.165) is 17.9 Å². The molecule has 2 heterocycles. The van der Waals surface area contributed by atoms with E-state index in [0.29, 0.717) is 29.2 Å². The number of amides is 1. The number of benzene rings is 1. The lowest BCUT2D eigenvalue weighted by Gasteiger charge is -2.30. The van der Waals surface area contributed by atoms with Gasteiger partial charge in [-0.25, -0.2) is 9.37 Å². The first-order valence-corrected chi connectivity index (χ1v) is 8.67. The first-order chi connectivity index (χ1) is 11.3. The van der Waals surface area contributed by atoms with Gasteiger partial charge in [0.1, 0.15) is 11.6 Å². The molecule has 1 amide bonds. The second-order valence-electron chi connectivity index (χ2n) is 6.39. The van der Waals surface area contributed by atoms with Crippen LogP contribution >= 0.6 is 15.9 Å². The van der Waals surface area contributed by atoms with Gasteiger partial charge in [-0.1, -0.05) is 29.8 Å². The third kappa shape index (κ3) is 2.81. The van der Waals surface area contributed by atoms with Gasteiger partial charge in [-0.3, -0.25) is 4.79 Å². The van der Waals surface area contributed by atoms with Crippen molar-refractivity contribution in [3.8, 4) is 0 Å². The maximum Gasteiger partial charge on any atom is 0.253 e. The molecule has 0 fully saturated rings. The SMILES string of the molecule is CC(C)c1nc2c(n1C)CCN(c1cc(Br)cc(F)c1C(N)=O)C2. The van der Waals surface area contributed by atoms with E-state index >= 15 is 0 Å². The fourth-order valence-electron chi connectivity index (χ4n) is 3.32. The van der Waals surface area contributed by atoms with Crippen LogP contribution in [-0.2, 0) is 20.0 Å². The highest BCUT2D eigenvalue weighted by Crippen LogP contribution is 2.32. The minimum Gasteiger partial charge on any atom is -0.365 e. The van der Waals surface area contributed by atoms with E-state index in [2.05, 4.69) is 34.3 Å². The monoisotopic (exact) mass is 394 g/mol. The summed E-state index contributed by atoms with van der Waals surface area (Å²) >= 11 is 3.29. The summed E-state index contributed by atoms with van der Waals surface area (Å²) in [5.41, 5.74) is 8.01. The van der Waals surface area contributed by atoms with Gasteiger partial charge in [0.05, 0.1) is 23.5 Å². The zero-order valence-electron chi connectivity index (χ0n) is 13.9. The number of fused-ring (bicyclic) bond motifs is 1. The molecule has 1 aromatic heterocycles. The van der Waals surface area contributed by atoms with Gasteiger partial charge in [0.25, 0.3) is 5.91 Å². The number of hydrogen-bond acceptors (Lipinski definition) is 3. The molecule has 128 valence electrons. The smallest absolute Gasteiger partial charge is 0.253 e. The molecule has 0 aliphatic carbocycles. The molecule has 0 unspecified atom stereocenters. The van der Waals surface area contributed by atoms with Crippen molar-refractivity contribution in [2.75, 3.05) is 11.4 Å². The molecule has 0 saturated carbocycles. The number of nitrogens with two attached hydrogens (primary N) is 1. The summed E-state index contributed by atoms with van der Waals surface area (Å²) in [7, 11) is 2.03. The number of imidazole rings is 1. The average Bonchev–Trinajstić information content (AvgIpc) is 2.82. The van der Waals surface area contributed by atoms with E-state index in [1.807, 2.05) is 11.9 Å². The molecule has 1 aliphatic heterocycles. The number of hydrogen-bond donors (Lipinski definition) is 1. The van der Waals surface area contributed by atoms with Crippen LogP contribution in [0.5, 0.6) is 0 Å². The Morgan fingerprint density at radius 2 is 2.12 bits per heavy atom. The molecule has 2 aromatic rings. The number of nitrogens with zero attached hydrogens (tertiary/aromatic N) is 3. The lowest BCUT2D eigenvalue weighted by atomic mass is 10.1. The van der Waals surface area contributed by atoms with Crippen LogP contribution < -0.4 is 10.6 Å². The largest absolute Gasteiger partial charge is 0.365 e. The molecule has 3 rings (SSSR count). The Kier molecular flexibility index (Phi) is 4.38. The van der Waals surface area contributed by atoms with E-state index < -0.39 is 11.7 Å². The molecule has 1 aromatic carbocycles. The summed E-state index contributed by atoms with van der Waals surface area (Å²) in [5, 5.41) is 0. The molecule has 0 spiro atoms. The number of anilines is 1. The van der Waals surface area contributed by atoms with Crippen molar-refractivity contribution >= 4 is 27.5 Å². The second-order valence-corrected chi connectivity index (χ2v) is 7.31. The Hall–Kier alpha value is -1.89. The van der Waals surface area contributed by atoms with Gasteiger partial charge >= 0.3 is 0 Å². The fourth-order valence-corrected chi connectivity index (χ4v) is 3.74. The minimum atomic E-state index is -0.760. The number of carbonyl (C=O) groups is 1. The van der Waals surface area contributed by atoms with Crippen molar-refractivity contribution < 1.29 is 9.18 Å². The van der Waals surface area contributed by atoms with E-state index in [4.69, 9.17) is 10.7 Å². The van der Waals surface area contributed by atoms with Gasteiger partial charge in [-0.15, -0.1) is 0 Å². The first-order valence-electron chi connectivity index (χ1n) is 7.87. The molecule has 2 N–H and O–H groups in total. The van der Waals surface area contributed by atoms with Gasteiger partial charge in [0.15, 0.2) is 0 Å². The lowest BCUT2D eigenvalue weighted by molar-refractivity contribution is 0.0997. The maximum atomic E-state index is 14.2. The third-order valence-electron chi connectivity index (χ3n) is 4.43. The summed E-state index contributed by atoms with van der Waals surface area (Å²) < 4.78 is 16.9. The summed E-state index contributed by atoms with van der Waals surface area (Å²) in [6, 6.07) is 3.00. The summed E-state index contributed by atoms with van der Waals surface area (Å²) in [6.07, 6.45) is 0.790. The van der Waals surface area contributed by atoms with Crippen molar-refractivity contribution in [2.45, 2.75) is 32.7 Å². The predicted octanol–water partition coefficient (Wildman–Crippen LogP) is 3.11. The van der Waals surface area contributed by atoms with Crippen molar-refractivity contribution in [1.82, 2.24) is 9.55 Å². The van der Waals surface area contributed by atoms with Crippen LogP contribution in [0, 0.1) is 5.82 Å². The molecular weight excluding hydrogens is 375 g/mol. The summed E-state index contributed by atoms with van der Waals surface area (Å²) in [6.45, 7) is 5.44. The molecule has 24 heavy (non-hydrogen) atoms. The van der Waals surface area contributed by atoms with Gasteiger partial charge in [-0.05, 0) is 12.1 Å². The van der Waals surface area contributed by atoms with Crippen molar-refractivity contribution in [2.24, 2.45) is 12.8 Å². The summed E-state index contributed by atoms with van der Waals surface area (Å²) in [4.78, 5) is 18.4. The van der Waals surface area contributed by atoms with Crippen LogP contribution in [0.4, 0.5) is 10.1 Å². The standard InChI is InChI=1S/C17H20BrFN4O/c1-9(2)17-21-12-8-23(5-4-13(12)22(17)3)14-7-10(18)6-11(19)15(14)16(20)24/h6-7,9H,4-5,8H2,1-3H3,(H2,20,24). The van der Waals surface area contributed by atoms with E-state index in [1.54, 1.807) is 6.07 Å². The van der Waals surface area contributed by atoms with E-state index in [-0.39, 0.29) is 5.56 Å². The number of rotatable bonds is 3. The molecule has 0 atom stereocenters. The normalized spacial score (nSPS) is 14.2. The molecule has 5 nitrogen and oxygen atoms in total. The van der Waals surface area contributed by atoms with Crippen molar-refractivity contribution in [3.63, 3.8) is 0 Å². The zero-order chi connectivity index (χ0) is 17.6. The number of primary amides is 1. The van der Waals surface area contributed by atoms with Crippen LogP contribution in [0.1, 0.15) is 47.3 Å². The number of halogens is 2. The van der Waals surface area contributed by atoms with Crippen LogP contribution in [-0.4, -0.2) is 22.0 Å². The topological polar surface area (TPSA) is 64.2 Å². The molecule has 0 bridgehead atoms. The highest BCUT2D eigenvalue weighted by Gasteiger charge is 2.27. The Balaban J connectivity index is 2.02. The van der Waals surface area contributed by atoms with Crippen molar-refractivity contribution in [3.05, 3.63) is 45.2 Å². The molecular formula is C17H20BrFN4O. The van der Waals surface area contributed by atoms with Crippen molar-refractivity contribution in [1.29, 1.82) is 0 Å². The fraction of sp³-hybridized carbons (Fsp3) is 0.412. The lowest BCUT2D eigenvalue weighted by Crippen LogP contribution is -2.33. The number of carbonyl (C=O) groups excluding carboxylic acids is 1. The zero-order valence-corrected chi connectivity index (χ0v) is 15.5. The van der Waals surface area contributed by atoms with Crippen LogP contribution in [0.25, 0.3) is 0 Å². The van der Waals surface area contributed by atoms with Crippen LogP contribution in [0.3, 0.4) is 0 Å². The van der Waals surface area contributed by atoms with E-state index in [1.165, 1.54) is 11.8 Å². The van der Waals surface area contributed by atoms with Crippen LogP contribution in [0.2, 0.25) is 0 Å². The summed E-state index contributed by atoms with van der Waals surface area (Å²) in [5.74, 6) is 0.00203. The Morgan fingerprint density at radius 1 is 1.42 bits per heavy atom. The van der Waals surface area contributed by atoms with E-state index in [9.17, 15) is 9.18 Å². The molecule has 0 radical (unpaired) electrons. The quantitative estimate of drug-likeness (QED) is 0.869. The van der Waals surface area contributed by atoms with Gasteiger partial charge in [0.2, 0.25) is 0 Å². The Morgan fingerprint density at radius 3 is 2.75 bits per heavy atom. The average molecular weight is 395 g/mol. The van der Waals surface area contributed by atoms with Crippen LogP contribution in [0.15, 0.2) is 16.6 Å². The van der Waals surface area contributed by atoms with Gasteiger partial charge in [0, 0.05) is 36.1 Å². The third-order valence-corrected chi connectivity index (χ3v) is 4.89.